The maximum atomic E-state index is 11.9. The quantitative estimate of drug-likeness (QED) is 0.837. The fourth-order valence-corrected chi connectivity index (χ4v) is 2.41. The van der Waals surface area contributed by atoms with Gasteiger partial charge >= 0.3 is 0 Å². The first-order valence-electron chi connectivity index (χ1n) is 6.16. The summed E-state index contributed by atoms with van der Waals surface area (Å²) in [5, 5.41) is 11.5. The molecule has 0 aliphatic heterocycles. The number of hydrogen-bond acceptors (Lipinski definition) is 4. The van der Waals surface area contributed by atoms with Gasteiger partial charge in [-0.15, -0.1) is 11.3 Å². The standard InChI is InChI=1S/C15H14N2O2S/c18-11-1-2-13-3-4-14(20-13)15(19)17-10-7-12-5-8-16-9-6-12/h3-6,8-9,18H,7,10-11H2,(H,17,19). The van der Waals surface area contributed by atoms with Crippen molar-refractivity contribution in [2.75, 3.05) is 13.2 Å². The zero-order chi connectivity index (χ0) is 14.2. The molecule has 1 amide bonds. The summed E-state index contributed by atoms with van der Waals surface area (Å²) in [5.74, 6) is 5.25. The van der Waals surface area contributed by atoms with Crippen LogP contribution in [-0.2, 0) is 6.42 Å². The normalized spacial score (nSPS) is 9.65. The van der Waals surface area contributed by atoms with Gasteiger partial charge in [0.05, 0.1) is 9.75 Å². The Morgan fingerprint density at radius 2 is 2.10 bits per heavy atom. The number of nitrogens with one attached hydrogen (secondary N) is 1. The molecule has 0 radical (unpaired) electrons. The second-order valence-electron chi connectivity index (χ2n) is 3.99. The van der Waals surface area contributed by atoms with Gasteiger partial charge in [-0.05, 0) is 36.2 Å². The number of amides is 1. The highest BCUT2D eigenvalue weighted by Crippen LogP contribution is 2.15. The van der Waals surface area contributed by atoms with Crippen molar-refractivity contribution in [1.29, 1.82) is 0 Å². The fraction of sp³-hybridized carbons (Fsp3) is 0.200. The Bertz CT molecular complexity index is 626. The number of aromatic nitrogens is 1. The molecule has 0 bridgehead atoms. The third-order valence-electron chi connectivity index (χ3n) is 2.57. The largest absolute Gasteiger partial charge is 0.384 e. The van der Waals surface area contributed by atoms with E-state index in [-0.39, 0.29) is 12.5 Å². The van der Waals surface area contributed by atoms with E-state index in [1.807, 2.05) is 12.1 Å². The molecule has 0 aliphatic carbocycles. The van der Waals surface area contributed by atoms with E-state index in [9.17, 15) is 4.79 Å². The van der Waals surface area contributed by atoms with Gasteiger partial charge in [-0.3, -0.25) is 9.78 Å². The van der Waals surface area contributed by atoms with Gasteiger partial charge in [0.2, 0.25) is 0 Å². The maximum absolute atomic E-state index is 11.9. The van der Waals surface area contributed by atoms with Crippen LogP contribution in [0.3, 0.4) is 0 Å². The molecular weight excluding hydrogens is 272 g/mol. The molecule has 2 aromatic rings. The molecule has 0 unspecified atom stereocenters. The molecule has 0 aromatic carbocycles. The van der Waals surface area contributed by atoms with Crippen LogP contribution in [-0.4, -0.2) is 29.1 Å². The topological polar surface area (TPSA) is 62.2 Å². The number of rotatable bonds is 4. The Hall–Kier alpha value is -2.16. The second kappa shape index (κ2) is 7.43. The number of aliphatic hydroxyl groups is 1. The number of carbonyl (C=O) groups excluding carboxylic acids is 1. The highest BCUT2D eigenvalue weighted by Gasteiger charge is 2.07. The highest BCUT2D eigenvalue weighted by atomic mass is 32.1. The number of carbonyl (C=O) groups is 1. The average Bonchev–Trinajstić information content (AvgIpc) is 2.95. The van der Waals surface area contributed by atoms with Crippen LogP contribution >= 0.6 is 11.3 Å². The van der Waals surface area contributed by atoms with Gasteiger partial charge in [-0.2, -0.15) is 0 Å². The van der Waals surface area contributed by atoms with Crippen LogP contribution in [0.2, 0.25) is 0 Å². The first-order valence-corrected chi connectivity index (χ1v) is 6.98. The van der Waals surface area contributed by atoms with E-state index in [2.05, 4.69) is 22.1 Å². The number of aliphatic hydroxyl groups excluding tert-OH is 1. The lowest BCUT2D eigenvalue weighted by molar-refractivity contribution is 0.0958. The molecule has 4 nitrogen and oxygen atoms in total. The molecule has 0 saturated carbocycles. The van der Waals surface area contributed by atoms with Gasteiger partial charge in [-0.1, -0.05) is 11.8 Å². The van der Waals surface area contributed by atoms with Gasteiger partial charge in [0, 0.05) is 18.9 Å². The van der Waals surface area contributed by atoms with Crippen molar-refractivity contribution in [2.45, 2.75) is 6.42 Å². The number of thiophene rings is 1. The van der Waals surface area contributed by atoms with Crippen LogP contribution < -0.4 is 5.32 Å². The molecule has 0 saturated heterocycles. The van der Waals surface area contributed by atoms with Crippen molar-refractivity contribution < 1.29 is 9.90 Å². The van der Waals surface area contributed by atoms with Gasteiger partial charge in [0.1, 0.15) is 6.61 Å². The molecule has 0 atom stereocenters. The van der Waals surface area contributed by atoms with E-state index in [0.29, 0.717) is 11.4 Å². The number of hydrogen-bond donors (Lipinski definition) is 2. The number of nitrogens with zero attached hydrogens (tertiary/aromatic N) is 1. The lowest BCUT2D eigenvalue weighted by atomic mass is 10.2. The van der Waals surface area contributed by atoms with Crippen molar-refractivity contribution in [1.82, 2.24) is 10.3 Å². The summed E-state index contributed by atoms with van der Waals surface area (Å²) in [6.07, 6.45) is 4.25. The Balaban J connectivity index is 1.84. The molecule has 0 spiro atoms. The molecule has 2 rings (SSSR count). The SMILES string of the molecule is O=C(NCCc1ccncc1)c1ccc(C#CCO)s1. The summed E-state index contributed by atoms with van der Waals surface area (Å²) in [5.41, 5.74) is 1.14. The van der Waals surface area contributed by atoms with Crippen LogP contribution in [0, 0.1) is 11.8 Å². The van der Waals surface area contributed by atoms with Gasteiger partial charge < -0.3 is 10.4 Å². The lowest BCUT2D eigenvalue weighted by Crippen LogP contribution is -2.24. The molecule has 2 heterocycles. The summed E-state index contributed by atoms with van der Waals surface area (Å²) >= 11 is 1.32. The Morgan fingerprint density at radius 1 is 1.30 bits per heavy atom. The van der Waals surface area contributed by atoms with E-state index in [1.54, 1.807) is 24.5 Å². The van der Waals surface area contributed by atoms with Crippen LogP contribution in [0.25, 0.3) is 0 Å². The molecular formula is C15H14N2O2S. The first-order chi connectivity index (χ1) is 9.79. The monoisotopic (exact) mass is 286 g/mol. The van der Waals surface area contributed by atoms with Crippen molar-refractivity contribution in [2.24, 2.45) is 0 Å². The smallest absolute Gasteiger partial charge is 0.261 e. The van der Waals surface area contributed by atoms with Gasteiger partial charge in [0.15, 0.2) is 0 Å². The minimum Gasteiger partial charge on any atom is -0.384 e. The zero-order valence-electron chi connectivity index (χ0n) is 10.8. The van der Waals surface area contributed by atoms with Crippen LogP contribution in [0.15, 0.2) is 36.7 Å². The third-order valence-corrected chi connectivity index (χ3v) is 3.57. The van der Waals surface area contributed by atoms with E-state index in [1.165, 1.54) is 11.3 Å². The van der Waals surface area contributed by atoms with Crippen molar-refractivity contribution in [3.63, 3.8) is 0 Å². The van der Waals surface area contributed by atoms with Crippen LogP contribution in [0.4, 0.5) is 0 Å². The Morgan fingerprint density at radius 3 is 2.85 bits per heavy atom. The minimum absolute atomic E-state index is 0.0962. The molecule has 20 heavy (non-hydrogen) atoms. The average molecular weight is 286 g/mol. The van der Waals surface area contributed by atoms with Crippen LogP contribution in [0.1, 0.15) is 20.1 Å². The lowest BCUT2D eigenvalue weighted by Gasteiger charge is -2.03. The molecule has 0 aliphatic rings. The van der Waals surface area contributed by atoms with Crippen LogP contribution in [0.5, 0.6) is 0 Å². The summed E-state index contributed by atoms with van der Waals surface area (Å²) in [4.78, 5) is 17.3. The summed E-state index contributed by atoms with van der Waals surface area (Å²) in [6, 6.07) is 7.39. The minimum atomic E-state index is -0.175. The Kier molecular flexibility index (Phi) is 5.30. The highest BCUT2D eigenvalue weighted by molar-refractivity contribution is 7.14. The van der Waals surface area contributed by atoms with Crippen molar-refractivity contribution in [3.05, 3.63) is 52.0 Å². The van der Waals surface area contributed by atoms with Gasteiger partial charge in [0.25, 0.3) is 5.91 Å². The summed E-state index contributed by atoms with van der Waals surface area (Å²) < 4.78 is 0. The zero-order valence-corrected chi connectivity index (χ0v) is 11.6. The fourth-order valence-electron chi connectivity index (χ4n) is 1.61. The predicted octanol–water partition coefficient (Wildman–Crippen LogP) is 1.46. The van der Waals surface area contributed by atoms with E-state index >= 15 is 0 Å². The predicted molar refractivity (Wildman–Crippen MR) is 78.6 cm³/mol. The summed E-state index contributed by atoms with van der Waals surface area (Å²) in [6.45, 7) is 0.407. The van der Waals surface area contributed by atoms with Gasteiger partial charge in [-0.25, -0.2) is 0 Å². The summed E-state index contributed by atoms with van der Waals surface area (Å²) in [7, 11) is 0. The molecule has 5 heteroatoms. The van der Waals surface area contributed by atoms with E-state index in [0.717, 1.165) is 16.9 Å². The van der Waals surface area contributed by atoms with E-state index in [4.69, 9.17) is 5.11 Å². The molecule has 2 N–H and O–H groups in total. The Labute approximate surface area is 121 Å². The van der Waals surface area contributed by atoms with Crippen molar-refractivity contribution in [3.8, 4) is 11.8 Å². The van der Waals surface area contributed by atoms with Crippen molar-refractivity contribution >= 4 is 17.2 Å². The molecule has 2 aromatic heterocycles. The number of pyridine rings is 1. The molecule has 0 fully saturated rings. The third kappa shape index (κ3) is 4.19. The second-order valence-corrected chi connectivity index (χ2v) is 5.07. The first kappa shape index (κ1) is 14.3. The van der Waals surface area contributed by atoms with E-state index < -0.39 is 0 Å². The maximum Gasteiger partial charge on any atom is 0.261 e. The molecule has 102 valence electrons.